The van der Waals surface area contributed by atoms with Gasteiger partial charge in [0.2, 0.25) is 5.91 Å². The Labute approximate surface area is 109 Å². The van der Waals surface area contributed by atoms with E-state index in [0.717, 1.165) is 4.90 Å². The Morgan fingerprint density at radius 3 is 2.32 bits per heavy atom. The zero-order valence-electron chi connectivity index (χ0n) is 10.5. The van der Waals surface area contributed by atoms with Gasteiger partial charge in [0.25, 0.3) is 5.69 Å². The first-order chi connectivity index (χ1) is 8.80. The van der Waals surface area contributed by atoms with Crippen LogP contribution in [0.2, 0.25) is 0 Å². The number of carbonyl (C=O) groups excluding carboxylic acids is 2. The van der Waals surface area contributed by atoms with Crippen LogP contribution in [0.3, 0.4) is 0 Å². The van der Waals surface area contributed by atoms with Crippen LogP contribution in [0.25, 0.3) is 0 Å². The minimum atomic E-state index is -0.578. The van der Waals surface area contributed by atoms with Gasteiger partial charge in [0, 0.05) is 17.7 Å². The highest BCUT2D eigenvalue weighted by Gasteiger charge is 2.37. The second-order valence-electron chi connectivity index (χ2n) is 4.99. The number of hydrogen-bond donors (Lipinski definition) is 1. The fourth-order valence-corrected chi connectivity index (χ4v) is 1.94. The van der Waals surface area contributed by atoms with E-state index in [9.17, 15) is 19.7 Å². The standard InChI is InChI=1S/C12H13N3O4/c1-12(2)7-10(16)14(11(17)13-12)8-3-5-9(6-4-8)15(18)19/h3-6H,7H2,1-2H3,(H,13,17). The van der Waals surface area contributed by atoms with Crippen LogP contribution in [0.1, 0.15) is 20.3 Å². The summed E-state index contributed by atoms with van der Waals surface area (Å²) >= 11 is 0. The monoisotopic (exact) mass is 263 g/mol. The molecule has 7 nitrogen and oxygen atoms in total. The largest absolute Gasteiger partial charge is 0.332 e. The number of hydrogen-bond acceptors (Lipinski definition) is 4. The summed E-state index contributed by atoms with van der Waals surface area (Å²) in [7, 11) is 0. The second-order valence-corrected chi connectivity index (χ2v) is 4.99. The highest BCUT2D eigenvalue weighted by molar-refractivity contribution is 6.16. The van der Waals surface area contributed by atoms with Crippen molar-refractivity contribution in [3.8, 4) is 0 Å². The van der Waals surface area contributed by atoms with Gasteiger partial charge in [0.1, 0.15) is 0 Å². The smallest absolute Gasteiger partial charge is 0.329 e. The summed E-state index contributed by atoms with van der Waals surface area (Å²) in [5, 5.41) is 13.3. The van der Waals surface area contributed by atoms with Gasteiger partial charge in [-0.3, -0.25) is 14.9 Å². The number of anilines is 1. The molecule has 1 saturated heterocycles. The third kappa shape index (κ3) is 2.54. The third-order valence-corrected chi connectivity index (χ3v) is 2.81. The lowest BCUT2D eigenvalue weighted by Gasteiger charge is -2.36. The van der Waals surface area contributed by atoms with E-state index in [-0.39, 0.29) is 18.0 Å². The molecule has 0 aliphatic carbocycles. The lowest BCUT2D eigenvalue weighted by atomic mass is 9.97. The van der Waals surface area contributed by atoms with Crippen LogP contribution in [0.5, 0.6) is 0 Å². The number of rotatable bonds is 2. The fourth-order valence-electron chi connectivity index (χ4n) is 1.94. The first-order valence-electron chi connectivity index (χ1n) is 5.70. The highest BCUT2D eigenvalue weighted by Crippen LogP contribution is 2.25. The lowest BCUT2D eigenvalue weighted by molar-refractivity contribution is -0.384. The maximum atomic E-state index is 12.0. The molecule has 2 rings (SSSR count). The quantitative estimate of drug-likeness (QED) is 0.650. The van der Waals surface area contributed by atoms with Gasteiger partial charge < -0.3 is 5.32 Å². The molecule has 0 atom stereocenters. The predicted octanol–water partition coefficient (Wildman–Crippen LogP) is 1.82. The average molecular weight is 263 g/mol. The molecule has 0 unspecified atom stereocenters. The van der Waals surface area contributed by atoms with E-state index >= 15 is 0 Å². The van der Waals surface area contributed by atoms with Crippen molar-refractivity contribution in [3.05, 3.63) is 34.4 Å². The molecule has 3 amide bonds. The number of imide groups is 1. The Balaban J connectivity index is 2.29. The molecule has 1 aliphatic heterocycles. The van der Waals surface area contributed by atoms with E-state index in [4.69, 9.17) is 0 Å². The van der Waals surface area contributed by atoms with Crippen LogP contribution in [0, 0.1) is 10.1 Å². The summed E-state index contributed by atoms with van der Waals surface area (Å²) in [4.78, 5) is 34.9. The summed E-state index contributed by atoms with van der Waals surface area (Å²) in [6, 6.07) is 4.77. The molecule has 100 valence electrons. The number of nitrogens with one attached hydrogen (secondary N) is 1. The van der Waals surface area contributed by atoms with Crippen LogP contribution >= 0.6 is 0 Å². The first-order valence-corrected chi connectivity index (χ1v) is 5.70. The van der Waals surface area contributed by atoms with E-state index in [2.05, 4.69) is 5.32 Å². The Morgan fingerprint density at radius 2 is 1.84 bits per heavy atom. The Morgan fingerprint density at radius 1 is 1.26 bits per heavy atom. The van der Waals surface area contributed by atoms with Crippen LogP contribution in [0.15, 0.2) is 24.3 Å². The summed E-state index contributed by atoms with van der Waals surface area (Å²) in [5.74, 6) is -0.331. The van der Waals surface area contributed by atoms with Gasteiger partial charge in [-0.25, -0.2) is 9.69 Å². The third-order valence-electron chi connectivity index (χ3n) is 2.81. The molecule has 0 spiro atoms. The van der Waals surface area contributed by atoms with E-state index in [0.29, 0.717) is 5.69 Å². The summed E-state index contributed by atoms with van der Waals surface area (Å²) < 4.78 is 0. The Hall–Kier alpha value is -2.44. The van der Waals surface area contributed by atoms with E-state index in [1.54, 1.807) is 13.8 Å². The van der Waals surface area contributed by atoms with Crippen LogP contribution in [-0.4, -0.2) is 22.4 Å². The zero-order valence-corrected chi connectivity index (χ0v) is 10.5. The molecule has 7 heteroatoms. The van der Waals surface area contributed by atoms with Crippen LogP contribution < -0.4 is 10.2 Å². The van der Waals surface area contributed by atoms with Gasteiger partial charge in [-0.15, -0.1) is 0 Å². The Kier molecular flexibility index (Phi) is 2.97. The highest BCUT2D eigenvalue weighted by atomic mass is 16.6. The molecule has 0 aromatic heterocycles. The number of amides is 3. The first kappa shape index (κ1) is 13.0. The molecule has 1 aromatic rings. The molecule has 0 radical (unpaired) electrons. The van der Waals surface area contributed by atoms with Gasteiger partial charge in [-0.2, -0.15) is 0 Å². The maximum Gasteiger partial charge on any atom is 0.329 e. The second kappa shape index (κ2) is 4.34. The van der Waals surface area contributed by atoms with Crippen molar-refractivity contribution in [2.45, 2.75) is 25.8 Å². The Bertz CT molecular complexity index is 531. The van der Waals surface area contributed by atoms with E-state index in [1.165, 1.54) is 24.3 Å². The van der Waals surface area contributed by atoms with Crippen molar-refractivity contribution in [1.82, 2.24) is 5.32 Å². The van der Waals surface area contributed by atoms with Gasteiger partial charge >= 0.3 is 6.03 Å². The fraction of sp³-hybridized carbons (Fsp3) is 0.333. The van der Waals surface area contributed by atoms with Gasteiger partial charge in [0.15, 0.2) is 0 Å². The number of nitrogens with zero attached hydrogens (tertiary/aromatic N) is 2. The van der Waals surface area contributed by atoms with Gasteiger partial charge in [-0.1, -0.05) is 0 Å². The minimum absolute atomic E-state index is 0.0889. The number of nitro groups is 1. The summed E-state index contributed by atoms with van der Waals surface area (Å²) in [6.45, 7) is 3.52. The molecule has 1 heterocycles. The molecular weight excluding hydrogens is 250 g/mol. The van der Waals surface area contributed by atoms with Crippen LogP contribution in [-0.2, 0) is 4.79 Å². The molecule has 0 bridgehead atoms. The van der Waals surface area contributed by atoms with Gasteiger partial charge in [-0.05, 0) is 26.0 Å². The molecular formula is C12H13N3O4. The number of urea groups is 1. The van der Waals surface area contributed by atoms with Crippen molar-refractivity contribution < 1.29 is 14.5 Å². The molecule has 1 N–H and O–H groups in total. The molecule has 1 aliphatic rings. The molecule has 19 heavy (non-hydrogen) atoms. The van der Waals surface area contributed by atoms with E-state index < -0.39 is 16.5 Å². The van der Waals surface area contributed by atoms with Crippen molar-refractivity contribution in [1.29, 1.82) is 0 Å². The molecule has 0 saturated carbocycles. The summed E-state index contributed by atoms with van der Waals surface area (Å²) in [6.07, 6.45) is 0.176. The van der Waals surface area contributed by atoms with Crippen LogP contribution in [0.4, 0.5) is 16.2 Å². The van der Waals surface area contributed by atoms with Crippen molar-refractivity contribution in [3.63, 3.8) is 0 Å². The topological polar surface area (TPSA) is 92.6 Å². The van der Waals surface area contributed by atoms with E-state index in [1.807, 2.05) is 0 Å². The summed E-state index contributed by atoms with van der Waals surface area (Å²) in [5.41, 5.74) is -0.344. The maximum absolute atomic E-state index is 12.0. The number of benzene rings is 1. The van der Waals surface area contributed by atoms with Crippen molar-refractivity contribution in [2.75, 3.05) is 4.90 Å². The zero-order chi connectivity index (χ0) is 14.2. The van der Waals surface area contributed by atoms with Crippen molar-refractivity contribution >= 4 is 23.3 Å². The lowest BCUT2D eigenvalue weighted by Crippen LogP contribution is -2.59. The average Bonchev–Trinajstić information content (AvgIpc) is 2.26. The predicted molar refractivity (Wildman–Crippen MR) is 67.8 cm³/mol. The van der Waals surface area contributed by atoms with Gasteiger partial charge in [0.05, 0.1) is 17.0 Å². The van der Waals surface area contributed by atoms with Crippen molar-refractivity contribution in [2.24, 2.45) is 0 Å². The number of non-ortho nitro benzene ring substituents is 1. The molecule has 1 fully saturated rings. The normalized spacial score (nSPS) is 18.1. The minimum Gasteiger partial charge on any atom is -0.332 e. The number of carbonyl (C=O) groups is 2. The molecule has 1 aromatic carbocycles. The SMILES string of the molecule is CC1(C)CC(=O)N(c2ccc([N+](=O)[O-])cc2)C(=O)N1. The number of nitro benzene ring substituents is 1.